The quantitative estimate of drug-likeness (QED) is 0.429. The van der Waals surface area contributed by atoms with Crippen LogP contribution in [-0.2, 0) is 20.0 Å². The van der Waals surface area contributed by atoms with Crippen LogP contribution in [-0.4, -0.2) is 38.3 Å². The van der Waals surface area contributed by atoms with Crippen LogP contribution in [0.4, 0.5) is 4.39 Å². The highest BCUT2D eigenvalue weighted by molar-refractivity contribution is 5.83. The fourth-order valence-electron chi connectivity index (χ4n) is 4.01. The van der Waals surface area contributed by atoms with Crippen LogP contribution in [0.3, 0.4) is 0 Å². The van der Waals surface area contributed by atoms with Gasteiger partial charge in [0.25, 0.3) is 0 Å². The van der Waals surface area contributed by atoms with Crippen LogP contribution < -0.4 is 10.6 Å². The Kier molecular flexibility index (Phi) is 6.30. The molecule has 7 nitrogen and oxygen atoms in total. The van der Waals surface area contributed by atoms with E-state index >= 15 is 0 Å². The van der Waals surface area contributed by atoms with Gasteiger partial charge >= 0.3 is 0 Å². The number of nitrogens with zero attached hydrogens (tertiary/aromatic N) is 4. The fourth-order valence-corrected chi connectivity index (χ4v) is 4.01. The van der Waals surface area contributed by atoms with Gasteiger partial charge in [-0.15, -0.1) is 10.2 Å². The highest BCUT2D eigenvalue weighted by Crippen LogP contribution is 2.20. The number of nitrogens with one attached hydrogen (secondary N) is 3. The molecule has 0 aliphatic heterocycles. The Bertz CT molecular complexity index is 1010. The standard InChI is InChI=1S/C22H30FN7/c1-15-28-29-21(30(15)2)14-26-22(27-18-6-4-3-5-7-18)24-11-10-16-13-25-20-12-17(23)8-9-19(16)20/h8-9,12-13,18,25H,3-7,10-11,14H2,1-2H3,(H2,24,26,27). The van der Waals surface area contributed by atoms with Crippen molar-refractivity contribution in [1.29, 1.82) is 0 Å². The second kappa shape index (κ2) is 9.28. The summed E-state index contributed by atoms with van der Waals surface area (Å²) in [5.41, 5.74) is 2.00. The van der Waals surface area contributed by atoms with Crippen molar-refractivity contribution >= 4 is 16.9 Å². The Balaban J connectivity index is 1.41. The molecule has 3 aromatic rings. The topological polar surface area (TPSA) is 82.9 Å². The molecule has 3 N–H and O–H groups in total. The lowest BCUT2D eigenvalue weighted by molar-refractivity contribution is 0.410. The molecule has 160 valence electrons. The minimum Gasteiger partial charge on any atom is -0.361 e. The maximum absolute atomic E-state index is 13.4. The number of halogens is 1. The van der Waals surface area contributed by atoms with Crippen molar-refractivity contribution in [2.75, 3.05) is 6.54 Å². The van der Waals surface area contributed by atoms with Gasteiger partial charge in [0, 0.05) is 36.7 Å². The molecule has 1 aromatic carbocycles. The third kappa shape index (κ3) is 4.80. The van der Waals surface area contributed by atoms with Crippen LogP contribution in [0, 0.1) is 12.7 Å². The molecule has 1 aliphatic rings. The number of H-pyrrole nitrogens is 1. The van der Waals surface area contributed by atoms with E-state index in [2.05, 4.69) is 25.8 Å². The van der Waals surface area contributed by atoms with Crippen LogP contribution in [0.15, 0.2) is 29.4 Å². The van der Waals surface area contributed by atoms with Crippen molar-refractivity contribution in [2.24, 2.45) is 12.0 Å². The van der Waals surface area contributed by atoms with E-state index < -0.39 is 0 Å². The monoisotopic (exact) mass is 411 g/mol. The third-order valence-corrected chi connectivity index (χ3v) is 5.92. The summed E-state index contributed by atoms with van der Waals surface area (Å²) in [5.74, 6) is 2.31. The molecule has 0 spiro atoms. The molecule has 0 amide bonds. The molecule has 0 unspecified atom stereocenters. The molecular weight excluding hydrogens is 381 g/mol. The minimum absolute atomic E-state index is 0.223. The second-order valence-corrected chi connectivity index (χ2v) is 8.05. The van der Waals surface area contributed by atoms with Crippen molar-refractivity contribution in [2.45, 2.75) is 58.0 Å². The van der Waals surface area contributed by atoms with Gasteiger partial charge in [0.1, 0.15) is 18.2 Å². The minimum atomic E-state index is -0.223. The molecule has 2 aromatic heterocycles. The number of guanidine groups is 1. The first-order chi connectivity index (χ1) is 14.6. The lowest BCUT2D eigenvalue weighted by Gasteiger charge is -2.25. The summed E-state index contributed by atoms with van der Waals surface area (Å²) in [5, 5.41) is 16.5. The fraction of sp³-hybridized carbons (Fsp3) is 0.500. The smallest absolute Gasteiger partial charge is 0.191 e. The maximum Gasteiger partial charge on any atom is 0.191 e. The van der Waals surface area contributed by atoms with Gasteiger partial charge in [-0.2, -0.15) is 0 Å². The maximum atomic E-state index is 13.4. The summed E-state index contributed by atoms with van der Waals surface area (Å²) in [6.45, 7) is 3.15. The average Bonchev–Trinajstić information content (AvgIpc) is 3.29. The van der Waals surface area contributed by atoms with E-state index in [-0.39, 0.29) is 5.82 Å². The average molecular weight is 412 g/mol. The van der Waals surface area contributed by atoms with Gasteiger partial charge in [-0.25, -0.2) is 9.38 Å². The number of fused-ring (bicyclic) bond motifs is 1. The summed E-state index contributed by atoms with van der Waals surface area (Å²) in [7, 11) is 1.96. The lowest BCUT2D eigenvalue weighted by atomic mass is 9.96. The number of aryl methyl sites for hydroxylation is 1. The van der Waals surface area contributed by atoms with Gasteiger partial charge in [0.15, 0.2) is 11.8 Å². The van der Waals surface area contributed by atoms with E-state index in [0.29, 0.717) is 12.6 Å². The Morgan fingerprint density at radius 2 is 2.10 bits per heavy atom. The van der Waals surface area contributed by atoms with Crippen LogP contribution in [0.5, 0.6) is 0 Å². The first-order valence-corrected chi connectivity index (χ1v) is 10.8. The van der Waals surface area contributed by atoms with Gasteiger partial charge in [0.05, 0.1) is 0 Å². The van der Waals surface area contributed by atoms with Gasteiger partial charge in [0.2, 0.25) is 0 Å². The van der Waals surface area contributed by atoms with E-state index in [1.165, 1.54) is 49.8 Å². The SMILES string of the molecule is Cc1nnc(CN=C(NCCc2c[nH]c3cc(F)ccc23)NC2CCCCC2)n1C. The van der Waals surface area contributed by atoms with Crippen molar-refractivity contribution in [3.63, 3.8) is 0 Å². The highest BCUT2D eigenvalue weighted by Gasteiger charge is 2.15. The molecule has 4 rings (SSSR count). The largest absolute Gasteiger partial charge is 0.361 e. The molecule has 0 saturated heterocycles. The molecule has 2 heterocycles. The molecule has 8 heteroatoms. The van der Waals surface area contributed by atoms with Gasteiger partial charge in [-0.05, 0) is 49.9 Å². The summed E-state index contributed by atoms with van der Waals surface area (Å²) >= 11 is 0. The third-order valence-electron chi connectivity index (χ3n) is 5.92. The second-order valence-electron chi connectivity index (χ2n) is 8.05. The molecule has 30 heavy (non-hydrogen) atoms. The number of rotatable bonds is 6. The van der Waals surface area contributed by atoms with Gasteiger partial charge in [-0.1, -0.05) is 19.3 Å². The van der Waals surface area contributed by atoms with Crippen molar-refractivity contribution in [1.82, 2.24) is 30.4 Å². The molecule has 1 fully saturated rings. The number of aliphatic imine (C=N–C) groups is 1. The first kappa shape index (κ1) is 20.4. The Hall–Kier alpha value is -2.90. The van der Waals surface area contributed by atoms with Crippen molar-refractivity contribution < 1.29 is 4.39 Å². The van der Waals surface area contributed by atoms with Crippen LogP contribution in [0.1, 0.15) is 49.3 Å². The molecule has 1 aliphatic carbocycles. The molecule has 0 radical (unpaired) electrons. The number of benzene rings is 1. The molecule has 0 atom stereocenters. The van der Waals surface area contributed by atoms with Crippen molar-refractivity contribution in [3.05, 3.63) is 47.4 Å². The van der Waals surface area contributed by atoms with Crippen LogP contribution in [0.25, 0.3) is 10.9 Å². The molecular formula is C22H30FN7. The molecule has 1 saturated carbocycles. The molecule has 0 bridgehead atoms. The number of aromatic amines is 1. The summed E-state index contributed by atoms with van der Waals surface area (Å²) in [4.78, 5) is 7.93. The van der Waals surface area contributed by atoms with E-state index in [1.54, 1.807) is 0 Å². The zero-order chi connectivity index (χ0) is 20.9. The highest BCUT2D eigenvalue weighted by atomic mass is 19.1. The van der Waals surface area contributed by atoms with E-state index in [1.807, 2.05) is 30.8 Å². The lowest BCUT2D eigenvalue weighted by Crippen LogP contribution is -2.44. The van der Waals surface area contributed by atoms with Crippen molar-refractivity contribution in [3.8, 4) is 0 Å². The number of hydrogen-bond acceptors (Lipinski definition) is 3. The first-order valence-electron chi connectivity index (χ1n) is 10.8. The Morgan fingerprint density at radius 3 is 2.87 bits per heavy atom. The number of hydrogen-bond donors (Lipinski definition) is 3. The van der Waals surface area contributed by atoms with Crippen LogP contribution in [0.2, 0.25) is 0 Å². The number of aromatic nitrogens is 4. The summed E-state index contributed by atoms with van der Waals surface area (Å²) in [6.07, 6.45) is 8.98. The van der Waals surface area contributed by atoms with E-state index in [0.717, 1.165) is 41.5 Å². The predicted octanol–water partition coefficient (Wildman–Crippen LogP) is 3.35. The Morgan fingerprint density at radius 1 is 1.27 bits per heavy atom. The van der Waals surface area contributed by atoms with E-state index in [4.69, 9.17) is 4.99 Å². The normalized spacial score (nSPS) is 15.6. The predicted molar refractivity (Wildman–Crippen MR) is 117 cm³/mol. The van der Waals surface area contributed by atoms with Crippen LogP contribution >= 0.6 is 0 Å². The van der Waals surface area contributed by atoms with E-state index in [9.17, 15) is 4.39 Å². The zero-order valence-electron chi connectivity index (χ0n) is 17.7. The van der Waals surface area contributed by atoms with Gasteiger partial charge in [-0.3, -0.25) is 0 Å². The summed E-state index contributed by atoms with van der Waals surface area (Å²) in [6, 6.07) is 5.34. The zero-order valence-corrected chi connectivity index (χ0v) is 17.7. The Labute approximate surface area is 176 Å². The summed E-state index contributed by atoms with van der Waals surface area (Å²) < 4.78 is 15.4. The van der Waals surface area contributed by atoms with Gasteiger partial charge < -0.3 is 20.2 Å².